The quantitative estimate of drug-likeness (QED) is 0.605. The molecule has 1 atom stereocenters. The average molecular weight is 276 g/mol. The Morgan fingerprint density at radius 2 is 2.15 bits per heavy atom. The van der Waals surface area contributed by atoms with Crippen LogP contribution in [0.15, 0.2) is 31.0 Å². The van der Waals surface area contributed by atoms with E-state index in [9.17, 15) is 14.7 Å². The van der Waals surface area contributed by atoms with Crippen molar-refractivity contribution in [3.63, 3.8) is 0 Å². The molecule has 2 rings (SSSR count). The van der Waals surface area contributed by atoms with E-state index < -0.39 is 17.9 Å². The topological polar surface area (TPSA) is 128 Å². The lowest BCUT2D eigenvalue weighted by atomic mass is 10.1. The number of pyridine rings is 1. The number of nitrogens with zero attached hydrogens (tertiary/aromatic N) is 2. The number of hydrogen-bond acceptors (Lipinski definition) is 5. The third kappa shape index (κ3) is 3.10. The second kappa shape index (κ2) is 5.83. The van der Waals surface area contributed by atoms with Crippen molar-refractivity contribution in [1.29, 1.82) is 0 Å². The molecule has 20 heavy (non-hydrogen) atoms. The highest BCUT2D eigenvalue weighted by Crippen LogP contribution is 2.14. The Kier molecular flexibility index (Phi) is 3.94. The molecule has 0 aromatic carbocycles. The van der Waals surface area contributed by atoms with Crippen molar-refractivity contribution < 1.29 is 19.8 Å². The third-order valence-corrected chi connectivity index (χ3v) is 2.63. The molecule has 0 saturated carbocycles. The summed E-state index contributed by atoms with van der Waals surface area (Å²) in [6, 6.07) is 0.176. The van der Waals surface area contributed by atoms with Gasteiger partial charge in [-0.1, -0.05) is 0 Å². The SMILES string of the molecule is O=C(N[C@H](Cc1cnc[nH]1)C(=O)O)c1ccncc1O. The van der Waals surface area contributed by atoms with Gasteiger partial charge in [0.2, 0.25) is 0 Å². The molecule has 0 unspecified atom stereocenters. The van der Waals surface area contributed by atoms with Crippen molar-refractivity contribution >= 4 is 11.9 Å². The van der Waals surface area contributed by atoms with Crippen LogP contribution in [-0.2, 0) is 11.2 Å². The number of rotatable bonds is 5. The van der Waals surface area contributed by atoms with Crippen LogP contribution in [0.25, 0.3) is 0 Å². The average Bonchev–Trinajstić information content (AvgIpc) is 2.91. The van der Waals surface area contributed by atoms with E-state index in [4.69, 9.17) is 5.11 Å². The highest BCUT2D eigenvalue weighted by atomic mass is 16.4. The van der Waals surface area contributed by atoms with Gasteiger partial charge in [-0.3, -0.25) is 9.78 Å². The summed E-state index contributed by atoms with van der Waals surface area (Å²) in [5, 5.41) is 21.0. The predicted octanol–water partition coefficient (Wildman–Crippen LogP) is -0.0640. The summed E-state index contributed by atoms with van der Waals surface area (Å²) in [7, 11) is 0. The second-order valence-electron chi connectivity index (χ2n) is 4.04. The standard InChI is InChI=1S/C12H12N4O4/c17-10-5-13-2-1-8(10)11(18)16-9(12(19)20)3-7-4-14-6-15-7/h1-2,4-6,9,17H,3H2,(H,14,15)(H,16,18)(H,19,20)/t9-/m1/s1. The van der Waals surface area contributed by atoms with Crippen LogP contribution in [-0.4, -0.2) is 43.1 Å². The minimum absolute atomic E-state index is 0.0316. The summed E-state index contributed by atoms with van der Waals surface area (Å²) >= 11 is 0. The summed E-state index contributed by atoms with van der Waals surface area (Å²) in [6.07, 6.45) is 5.41. The lowest BCUT2D eigenvalue weighted by Crippen LogP contribution is -2.42. The minimum Gasteiger partial charge on any atom is -0.505 e. The maximum atomic E-state index is 11.9. The number of amides is 1. The van der Waals surface area contributed by atoms with E-state index in [0.29, 0.717) is 5.69 Å². The molecule has 104 valence electrons. The van der Waals surface area contributed by atoms with Gasteiger partial charge in [0.1, 0.15) is 11.8 Å². The normalized spacial score (nSPS) is 11.8. The number of aromatic hydroxyl groups is 1. The maximum Gasteiger partial charge on any atom is 0.326 e. The number of carbonyl (C=O) groups is 2. The fourth-order valence-corrected chi connectivity index (χ4v) is 1.63. The van der Waals surface area contributed by atoms with E-state index in [2.05, 4.69) is 20.3 Å². The molecule has 4 N–H and O–H groups in total. The highest BCUT2D eigenvalue weighted by Gasteiger charge is 2.22. The van der Waals surface area contributed by atoms with Gasteiger partial charge in [-0.2, -0.15) is 0 Å². The van der Waals surface area contributed by atoms with Crippen LogP contribution < -0.4 is 5.32 Å². The van der Waals surface area contributed by atoms with Crippen LogP contribution in [0.1, 0.15) is 16.1 Å². The lowest BCUT2D eigenvalue weighted by molar-refractivity contribution is -0.139. The van der Waals surface area contributed by atoms with Crippen molar-refractivity contribution in [2.24, 2.45) is 0 Å². The number of imidazole rings is 1. The van der Waals surface area contributed by atoms with Crippen LogP contribution in [0.5, 0.6) is 5.75 Å². The smallest absolute Gasteiger partial charge is 0.326 e. The van der Waals surface area contributed by atoms with Gasteiger partial charge in [-0.25, -0.2) is 9.78 Å². The number of aliphatic carboxylic acids is 1. The first-order chi connectivity index (χ1) is 9.58. The Balaban J connectivity index is 2.10. The number of aromatic amines is 1. The Morgan fingerprint density at radius 1 is 1.35 bits per heavy atom. The van der Waals surface area contributed by atoms with Gasteiger partial charge < -0.3 is 20.5 Å². The molecule has 0 aliphatic rings. The second-order valence-corrected chi connectivity index (χ2v) is 4.04. The highest BCUT2D eigenvalue weighted by molar-refractivity contribution is 5.98. The molecule has 0 radical (unpaired) electrons. The molecular weight excluding hydrogens is 264 g/mol. The van der Waals surface area contributed by atoms with Gasteiger partial charge in [-0.05, 0) is 6.07 Å². The van der Waals surface area contributed by atoms with Gasteiger partial charge in [0.15, 0.2) is 0 Å². The molecule has 0 aliphatic heterocycles. The molecule has 2 aromatic rings. The molecule has 0 saturated heterocycles. The lowest BCUT2D eigenvalue weighted by Gasteiger charge is -2.14. The van der Waals surface area contributed by atoms with E-state index >= 15 is 0 Å². The first-order valence-electron chi connectivity index (χ1n) is 5.72. The van der Waals surface area contributed by atoms with Crippen molar-refractivity contribution in [3.8, 4) is 5.75 Å². The van der Waals surface area contributed by atoms with Crippen molar-refractivity contribution in [2.45, 2.75) is 12.5 Å². The van der Waals surface area contributed by atoms with Crippen LogP contribution in [0.3, 0.4) is 0 Å². The summed E-state index contributed by atoms with van der Waals surface area (Å²) in [5.74, 6) is -2.17. The number of carboxylic acid groups (broad SMARTS) is 1. The van der Waals surface area contributed by atoms with Crippen LogP contribution in [0, 0.1) is 0 Å². The van der Waals surface area contributed by atoms with Crippen molar-refractivity contribution in [1.82, 2.24) is 20.3 Å². The van der Waals surface area contributed by atoms with E-state index in [1.807, 2.05) is 0 Å². The molecule has 0 aliphatic carbocycles. The molecule has 2 aromatic heterocycles. The van der Waals surface area contributed by atoms with E-state index in [0.717, 1.165) is 6.20 Å². The summed E-state index contributed by atoms with van der Waals surface area (Å²) < 4.78 is 0. The molecule has 8 heteroatoms. The molecule has 0 bridgehead atoms. The van der Waals surface area contributed by atoms with Crippen molar-refractivity contribution in [3.05, 3.63) is 42.2 Å². The van der Waals surface area contributed by atoms with Gasteiger partial charge in [0.05, 0.1) is 18.1 Å². The fraction of sp³-hybridized carbons (Fsp3) is 0.167. The Hall–Kier alpha value is -2.90. The van der Waals surface area contributed by atoms with Crippen LogP contribution in [0.4, 0.5) is 0 Å². The number of hydrogen-bond donors (Lipinski definition) is 4. The van der Waals surface area contributed by atoms with Crippen LogP contribution in [0.2, 0.25) is 0 Å². The minimum atomic E-state index is -1.18. The fourth-order valence-electron chi connectivity index (χ4n) is 1.63. The molecule has 0 spiro atoms. The van der Waals surface area contributed by atoms with E-state index in [1.54, 1.807) is 0 Å². The Bertz CT molecular complexity index is 612. The zero-order chi connectivity index (χ0) is 14.5. The molecule has 1 amide bonds. The Labute approximate surface area is 113 Å². The number of carboxylic acids is 1. The zero-order valence-corrected chi connectivity index (χ0v) is 10.3. The summed E-state index contributed by atoms with van der Waals surface area (Å²) in [6.45, 7) is 0. The molecular formula is C12H12N4O4. The maximum absolute atomic E-state index is 11.9. The third-order valence-electron chi connectivity index (χ3n) is 2.63. The first kappa shape index (κ1) is 13.5. The van der Waals surface area contributed by atoms with Gasteiger partial charge >= 0.3 is 5.97 Å². The van der Waals surface area contributed by atoms with E-state index in [1.165, 1.54) is 24.8 Å². The first-order valence-corrected chi connectivity index (χ1v) is 5.72. The summed E-state index contributed by atoms with van der Waals surface area (Å²) in [4.78, 5) is 33.3. The van der Waals surface area contributed by atoms with Crippen LogP contribution >= 0.6 is 0 Å². The summed E-state index contributed by atoms with van der Waals surface area (Å²) in [5.41, 5.74) is 0.549. The largest absolute Gasteiger partial charge is 0.505 e. The van der Waals surface area contributed by atoms with Gasteiger partial charge in [0, 0.05) is 24.5 Å². The molecule has 8 nitrogen and oxygen atoms in total. The van der Waals surface area contributed by atoms with Crippen molar-refractivity contribution in [2.75, 3.05) is 0 Å². The van der Waals surface area contributed by atoms with Gasteiger partial charge in [0.25, 0.3) is 5.91 Å². The monoisotopic (exact) mass is 276 g/mol. The molecule has 0 fully saturated rings. The number of H-pyrrole nitrogens is 1. The van der Waals surface area contributed by atoms with Gasteiger partial charge in [-0.15, -0.1) is 0 Å². The number of nitrogens with one attached hydrogen (secondary N) is 2. The molecule has 2 heterocycles. The predicted molar refractivity (Wildman–Crippen MR) is 67.1 cm³/mol. The number of aromatic nitrogens is 3. The van der Waals surface area contributed by atoms with E-state index in [-0.39, 0.29) is 17.7 Å². The Morgan fingerprint density at radius 3 is 2.75 bits per heavy atom. The number of carbonyl (C=O) groups excluding carboxylic acids is 1. The zero-order valence-electron chi connectivity index (χ0n) is 10.3.